The molecule has 27 heavy (non-hydrogen) atoms. The molecule has 0 aromatic heterocycles. The molecule has 0 radical (unpaired) electrons. The highest BCUT2D eigenvalue weighted by atomic mass is 35.5. The van der Waals surface area contributed by atoms with Crippen molar-refractivity contribution in [2.24, 2.45) is 0 Å². The van der Waals surface area contributed by atoms with E-state index in [1.54, 1.807) is 24.3 Å². The first-order chi connectivity index (χ1) is 13.0. The number of nitro groups is 1. The van der Waals surface area contributed by atoms with Crippen LogP contribution in [0.15, 0.2) is 36.4 Å². The molecule has 0 aliphatic heterocycles. The minimum absolute atomic E-state index is 0.111. The Morgan fingerprint density at radius 3 is 2.52 bits per heavy atom. The monoisotopic (exact) mass is 394 g/mol. The fourth-order valence-corrected chi connectivity index (χ4v) is 2.55. The van der Waals surface area contributed by atoms with Crippen LogP contribution in [0.5, 0.6) is 17.2 Å². The van der Waals surface area contributed by atoms with Crippen molar-refractivity contribution < 1.29 is 23.9 Å². The molecule has 9 heteroatoms. The van der Waals surface area contributed by atoms with Gasteiger partial charge < -0.3 is 19.5 Å². The van der Waals surface area contributed by atoms with E-state index in [0.29, 0.717) is 28.6 Å². The van der Waals surface area contributed by atoms with E-state index in [-0.39, 0.29) is 30.4 Å². The summed E-state index contributed by atoms with van der Waals surface area (Å²) < 4.78 is 15.7. The molecular weight excluding hydrogens is 376 g/mol. The summed E-state index contributed by atoms with van der Waals surface area (Å²) in [6, 6.07) is 9.21. The Bertz CT molecular complexity index is 827. The topological polar surface area (TPSA) is 99.9 Å². The third-order valence-corrected chi connectivity index (χ3v) is 3.91. The summed E-state index contributed by atoms with van der Waals surface area (Å²) in [5, 5.41) is 14.0. The van der Waals surface area contributed by atoms with Gasteiger partial charge in [0.05, 0.1) is 36.5 Å². The van der Waals surface area contributed by atoms with Crippen LogP contribution in [0.4, 0.5) is 11.4 Å². The van der Waals surface area contributed by atoms with Gasteiger partial charge in [-0.2, -0.15) is 0 Å². The molecule has 2 aromatic rings. The second-order valence-corrected chi connectivity index (χ2v) is 5.82. The summed E-state index contributed by atoms with van der Waals surface area (Å²) in [5.41, 5.74) is 0.323. The lowest BCUT2D eigenvalue weighted by molar-refractivity contribution is -0.385. The highest BCUT2D eigenvalue weighted by molar-refractivity contribution is 6.32. The summed E-state index contributed by atoms with van der Waals surface area (Å²) in [6.45, 7) is 0.166. The summed E-state index contributed by atoms with van der Waals surface area (Å²) in [6.07, 6.45) is 0.541. The summed E-state index contributed by atoms with van der Waals surface area (Å²) in [5.74, 6) is 0.730. The largest absolute Gasteiger partial charge is 0.495 e. The first-order valence-corrected chi connectivity index (χ1v) is 8.41. The molecule has 144 valence electrons. The number of nitrogens with one attached hydrogen (secondary N) is 1. The van der Waals surface area contributed by atoms with Crippen LogP contribution in [0.1, 0.15) is 12.8 Å². The van der Waals surface area contributed by atoms with Crippen LogP contribution in [-0.4, -0.2) is 31.7 Å². The quantitative estimate of drug-likeness (QED) is 0.391. The molecule has 0 fully saturated rings. The number of amides is 1. The number of hydrogen-bond acceptors (Lipinski definition) is 6. The standard InChI is InChI=1S/C18H19ClN2O6/c1-25-16-11-13(17(26-2)10-12(16)19)20-18(22)8-5-9-27-15-7-4-3-6-14(15)21(23)24/h3-4,6-7,10-11H,5,8-9H2,1-2H3,(H,20,22). The Hall–Kier alpha value is -3.00. The smallest absolute Gasteiger partial charge is 0.310 e. The molecule has 0 unspecified atom stereocenters. The van der Waals surface area contributed by atoms with E-state index in [1.807, 2.05) is 0 Å². The predicted molar refractivity (Wildman–Crippen MR) is 101 cm³/mol. The first kappa shape index (κ1) is 20.3. The minimum Gasteiger partial charge on any atom is -0.495 e. The van der Waals surface area contributed by atoms with Gasteiger partial charge in [-0.05, 0) is 12.5 Å². The van der Waals surface area contributed by atoms with Crippen LogP contribution in [0.3, 0.4) is 0 Å². The van der Waals surface area contributed by atoms with Crippen molar-refractivity contribution in [2.75, 3.05) is 26.1 Å². The number of nitro benzene ring substituents is 1. The van der Waals surface area contributed by atoms with Crippen LogP contribution in [0.25, 0.3) is 0 Å². The first-order valence-electron chi connectivity index (χ1n) is 8.04. The van der Waals surface area contributed by atoms with E-state index < -0.39 is 4.92 Å². The Balaban J connectivity index is 1.90. The van der Waals surface area contributed by atoms with Gasteiger partial charge in [0.25, 0.3) is 0 Å². The molecule has 0 heterocycles. The van der Waals surface area contributed by atoms with Crippen molar-refractivity contribution in [3.63, 3.8) is 0 Å². The molecule has 8 nitrogen and oxygen atoms in total. The molecule has 2 aromatic carbocycles. The van der Waals surface area contributed by atoms with Crippen molar-refractivity contribution in [3.8, 4) is 17.2 Å². The Morgan fingerprint density at radius 2 is 1.85 bits per heavy atom. The molecule has 0 aliphatic carbocycles. The average molecular weight is 395 g/mol. The summed E-state index contributed by atoms with van der Waals surface area (Å²) in [7, 11) is 2.94. The predicted octanol–water partition coefficient (Wildman–Crippen LogP) is 4.06. The van der Waals surface area contributed by atoms with Crippen LogP contribution >= 0.6 is 11.6 Å². The molecule has 0 aliphatic rings. The van der Waals surface area contributed by atoms with Gasteiger partial charge in [-0.15, -0.1) is 0 Å². The van der Waals surface area contributed by atoms with Crippen LogP contribution in [0, 0.1) is 10.1 Å². The highest BCUT2D eigenvalue weighted by Crippen LogP contribution is 2.36. The van der Waals surface area contributed by atoms with E-state index in [2.05, 4.69) is 5.32 Å². The van der Waals surface area contributed by atoms with E-state index in [4.69, 9.17) is 25.8 Å². The van der Waals surface area contributed by atoms with Crippen molar-refractivity contribution in [2.45, 2.75) is 12.8 Å². The Kier molecular flexibility index (Phi) is 7.25. The van der Waals surface area contributed by atoms with Crippen LogP contribution in [-0.2, 0) is 4.79 Å². The average Bonchev–Trinajstić information content (AvgIpc) is 2.66. The number of para-hydroxylation sites is 2. The summed E-state index contributed by atoms with van der Waals surface area (Å²) >= 11 is 6.03. The van der Waals surface area contributed by atoms with Gasteiger partial charge in [0, 0.05) is 24.6 Å². The molecule has 0 saturated heterocycles. The van der Waals surface area contributed by atoms with Gasteiger partial charge in [0.2, 0.25) is 5.91 Å². The second-order valence-electron chi connectivity index (χ2n) is 5.41. The van der Waals surface area contributed by atoms with Gasteiger partial charge in [0.1, 0.15) is 11.5 Å². The number of rotatable bonds is 9. The fourth-order valence-electron chi connectivity index (χ4n) is 2.32. The van der Waals surface area contributed by atoms with E-state index in [9.17, 15) is 14.9 Å². The zero-order chi connectivity index (χ0) is 19.8. The van der Waals surface area contributed by atoms with Gasteiger partial charge in [-0.25, -0.2) is 0 Å². The van der Waals surface area contributed by atoms with Crippen LogP contribution in [0.2, 0.25) is 5.02 Å². The maximum absolute atomic E-state index is 12.1. The zero-order valence-electron chi connectivity index (χ0n) is 14.9. The Labute approximate surface area is 161 Å². The molecular formula is C18H19ClN2O6. The highest BCUT2D eigenvalue weighted by Gasteiger charge is 2.15. The Morgan fingerprint density at radius 1 is 1.15 bits per heavy atom. The molecule has 0 bridgehead atoms. The molecule has 0 saturated carbocycles. The molecule has 1 amide bonds. The molecule has 0 spiro atoms. The van der Waals surface area contributed by atoms with Gasteiger partial charge >= 0.3 is 5.69 Å². The SMILES string of the molecule is COc1cc(NC(=O)CCCOc2ccccc2[N+](=O)[O-])c(OC)cc1Cl. The summed E-state index contributed by atoms with van der Waals surface area (Å²) in [4.78, 5) is 22.6. The zero-order valence-corrected chi connectivity index (χ0v) is 15.6. The lowest BCUT2D eigenvalue weighted by atomic mass is 10.2. The van der Waals surface area contributed by atoms with Crippen LogP contribution < -0.4 is 19.5 Å². The second kappa shape index (κ2) is 9.63. The maximum Gasteiger partial charge on any atom is 0.310 e. The molecule has 2 rings (SSSR count). The normalized spacial score (nSPS) is 10.2. The number of halogens is 1. The van der Waals surface area contributed by atoms with E-state index in [0.717, 1.165) is 0 Å². The number of carbonyl (C=O) groups excluding carboxylic acids is 1. The number of hydrogen-bond donors (Lipinski definition) is 1. The van der Waals surface area contributed by atoms with Gasteiger partial charge in [-0.3, -0.25) is 14.9 Å². The third kappa shape index (κ3) is 5.49. The molecule has 0 atom stereocenters. The number of nitrogens with zero attached hydrogens (tertiary/aromatic N) is 1. The van der Waals surface area contributed by atoms with Crippen molar-refractivity contribution in [1.82, 2.24) is 0 Å². The van der Waals surface area contributed by atoms with E-state index in [1.165, 1.54) is 26.4 Å². The number of anilines is 1. The number of ether oxygens (including phenoxy) is 3. The lowest BCUT2D eigenvalue weighted by Crippen LogP contribution is -2.13. The third-order valence-electron chi connectivity index (χ3n) is 3.62. The lowest BCUT2D eigenvalue weighted by Gasteiger charge is -2.13. The number of methoxy groups -OCH3 is 2. The maximum atomic E-state index is 12.1. The van der Waals surface area contributed by atoms with Crippen molar-refractivity contribution in [3.05, 3.63) is 51.5 Å². The number of benzene rings is 2. The van der Waals surface area contributed by atoms with Crippen molar-refractivity contribution in [1.29, 1.82) is 0 Å². The fraction of sp³-hybridized carbons (Fsp3) is 0.278. The van der Waals surface area contributed by atoms with E-state index >= 15 is 0 Å². The van der Waals surface area contributed by atoms with Crippen molar-refractivity contribution >= 4 is 28.9 Å². The molecule has 1 N–H and O–H groups in total. The van der Waals surface area contributed by atoms with Gasteiger partial charge in [-0.1, -0.05) is 23.7 Å². The number of carbonyl (C=O) groups is 1. The van der Waals surface area contributed by atoms with Gasteiger partial charge in [0.15, 0.2) is 5.75 Å². The minimum atomic E-state index is -0.512.